The molecular formula is C5H6ClNO6S. The minimum absolute atomic E-state index is 0.246. The maximum atomic E-state index is 10.9. The maximum Gasteiger partial charge on any atom is 0.425 e. The lowest BCUT2D eigenvalue weighted by molar-refractivity contribution is -0.148. The minimum atomic E-state index is -4.20. The van der Waals surface area contributed by atoms with Gasteiger partial charge in [-0.15, -0.1) is 0 Å². The average Bonchev–Trinajstić information content (AvgIpc) is 2.45. The van der Waals surface area contributed by atoms with Crippen LogP contribution in [0.3, 0.4) is 0 Å². The van der Waals surface area contributed by atoms with Gasteiger partial charge in [0.1, 0.15) is 0 Å². The SMILES string of the molecule is COC(=O)C1CN(S(=O)(=O)Cl)C(=O)O1. The van der Waals surface area contributed by atoms with Crippen molar-refractivity contribution >= 4 is 32.0 Å². The summed E-state index contributed by atoms with van der Waals surface area (Å²) < 4.78 is 30.4. The summed E-state index contributed by atoms with van der Waals surface area (Å²) in [4.78, 5) is 21.8. The molecule has 14 heavy (non-hydrogen) atoms. The number of hydrogen-bond acceptors (Lipinski definition) is 6. The number of rotatable bonds is 2. The molecule has 80 valence electrons. The summed E-state index contributed by atoms with van der Waals surface area (Å²) in [6.07, 6.45) is -2.43. The number of halogens is 1. The lowest BCUT2D eigenvalue weighted by atomic mass is 10.4. The number of amides is 1. The number of nitrogens with zero attached hydrogens (tertiary/aromatic N) is 1. The zero-order valence-electron chi connectivity index (χ0n) is 6.97. The van der Waals surface area contributed by atoms with E-state index in [1.807, 2.05) is 0 Å². The Hall–Kier alpha value is -1.02. The summed E-state index contributed by atoms with van der Waals surface area (Å²) in [5.41, 5.74) is 0. The number of carbonyl (C=O) groups excluding carboxylic acids is 2. The Kier molecular flexibility index (Phi) is 2.86. The van der Waals surface area contributed by atoms with Gasteiger partial charge in [0.15, 0.2) is 0 Å². The standard InChI is InChI=1S/C5H6ClNO6S/c1-12-4(8)3-2-7(5(9)13-3)14(6,10)11/h3H,2H2,1H3. The van der Waals surface area contributed by atoms with Crippen molar-refractivity contribution in [3.8, 4) is 0 Å². The fraction of sp³-hybridized carbons (Fsp3) is 0.600. The molecule has 0 bridgehead atoms. The Morgan fingerprint density at radius 3 is 2.64 bits per heavy atom. The zero-order valence-corrected chi connectivity index (χ0v) is 8.54. The van der Waals surface area contributed by atoms with E-state index in [0.717, 1.165) is 7.11 Å². The van der Waals surface area contributed by atoms with Crippen LogP contribution < -0.4 is 0 Å². The Bertz CT molecular complexity index is 364. The molecule has 0 radical (unpaired) electrons. The highest BCUT2D eigenvalue weighted by molar-refractivity contribution is 8.12. The zero-order chi connectivity index (χ0) is 10.9. The van der Waals surface area contributed by atoms with Gasteiger partial charge in [-0.3, -0.25) is 0 Å². The van der Waals surface area contributed by atoms with Crippen molar-refractivity contribution in [2.24, 2.45) is 0 Å². The molecule has 7 nitrogen and oxygen atoms in total. The summed E-state index contributed by atoms with van der Waals surface area (Å²) in [5, 5.41) is 0. The van der Waals surface area contributed by atoms with E-state index in [4.69, 9.17) is 10.7 Å². The van der Waals surface area contributed by atoms with E-state index in [9.17, 15) is 18.0 Å². The van der Waals surface area contributed by atoms with Crippen molar-refractivity contribution in [1.29, 1.82) is 0 Å². The van der Waals surface area contributed by atoms with E-state index >= 15 is 0 Å². The van der Waals surface area contributed by atoms with E-state index in [1.165, 1.54) is 0 Å². The van der Waals surface area contributed by atoms with Gasteiger partial charge in [0.05, 0.1) is 13.7 Å². The minimum Gasteiger partial charge on any atom is -0.466 e. The van der Waals surface area contributed by atoms with Gasteiger partial charge in [0.2, 0.25) is 6.10 Å². The maximum absolute atomic E-state index is 10.9. The molecule has 1 atom stereocenters. The molecule has 0 aliphatic carbocycles. The molecule has 0 saturated carbocycles. The van der Waals surface area contributed by atoms with Gasteiger partial charge in [-0.2, -0.15) is 12.7 Å². The Labute approximate surface area is 84.1 Å². The number of carbonyl (C=O) groups is 2. The summed E-state index contributed by atoms with van der Waals surface area (Å²) >= 11 is 0. The largest absolute Gasteiger partial charge is 0.466 e. The average molecular weight is 244 g/mol. The predicted octanol–water partition coefficient (Wildman–Crippen LogP) is -0.536. The first kappa shape index (κ1) is 11.1. The number of ether oxygens (including phenoxy) is 2. The van der Waals surface area contributed by atoms with Gasteiger partial charge in [-0.25, -0.2) is 9.59 Å². The molecule has 1 rings (SSSR count). The third-order valence-corrected chi connectivity index (χ3v) is 2.83. The monoisotopic (exact) mass is 243 g/mol. The third-order valence-electron chi connectivity index (χ3n) is 1.51. The summed E-state index contributed by atoms with van der Waals surface area (Å²) in [5.74, 6) is -0.832. The van der Waals surface area contributed by atoms with Gasteiger partial charge in [-0.1, -0.05) is 0 Å². The Balaban J connectivity index is 2.80. The van der Waals surface area contributed by atoms with Crippen molar-refractivity contribution in [2.75, 3.05) is 13.7 Å². The van der Waals surface area contributed by atoms with Crippen molar-refractivity contribution in [3.05, 3.63) is 0 Å². The molecule has 1 aliphatic rings. The first-order valence-electron chi connectivity index (χ1n) is 3.37. The normalized spacial score (nSPS) is 22.0. The topological polar surface area (TPSA) is 90.0 Å². The highest BCUT2D eigenvalue weighted by Gasteiger charge is 2.42. The number of hydrogen-bond donors (Lipinski definition) is 0. The van der Waals surface area contributed by atoms with Crippen LogP contribution in [0, 0.1) is 0 Å². The van der Waals surface area contributed by atoms with Crippen molar-refractivity contribution < 1.29 is 27.5 Å². The van der Waals surface area contributed by atoms with Crippen LogP contribution in [0.15, 0.2) is 0 Å². The number of methoxy groups -OCH3 is 1. The Morgan fingerprint density at radius 2 is 2.29 bits per heavy atom. The summed E-state index contributed by atoms with van der Waals surface area (Å²) in [7, 11) is 1.78. The molecule has 0 aromatic rings. The summed E-state index contributed by atoms with van der Waals surface area (Å²) in [6, 6.07) is 0. The van der Waals surface area contributed by atoms with Crippen LogP contribution in [0.1, 0.15) is 0 Å². The fourth-order valence-electron chi connectivity index (χ4n) is 0.875. The van der Waals surface area contributed by atoms with E-state index < -0.39 is 33.9 Å². The van der Waals surface area contributed by atoms with Crippen LogP contribution in [0.5, 0.6) is 0 Å². The lowest BCUT2D eigenvalue weighted by Gasteiger charge is -2.05. The second-order valence-corrected chi connectivity index (χ2v) is 4.80. The third kappa shape index (κ3) is 2.07. The molecule has 1 amide bonds. The van der Waals surface area contributed by atoms with Crippen molar-refractivity contribution in [2.45, 2.75) is 6.10 Å². The molecule has 0 N–H and O–H groups in total. The molecule has 1 unspecified atom stereocenters. The first-order valence-corrected chi connectivity index (χ1v) is 5.63. The smallest absolute Gasteiger partial charge is 0.425 e. The molecule has 1 aliphatic heterocycles. The second kappa shape index (κ2) is 3.62. The van der Waals surface area contributed by atoms with Gasteiger partial charge in [0, 0.05) is 10.7 Å². The highest BCUT2D eigenvalue weighted by atomic mass is 35.7. The molecule has 1 fully saturated rings. The van der Waals surface area contributed by atoms with Gasteiger partial charge in [0.25, 0.3) is 0 Å². The van der Waals surface area contributed by atoms with Crippen molar-refractivity contribution in [3.63, 3.8) is 0 Å². The first-order chi connectivity index (χ1) is 6.36. The van der Waals surface area contributed by atoms with E-state index in [1.54, 1.807) is 0 Å². The molecule has 1 saturated heterocycles. The van der Waals surface area contributed by atoms with Crippen molar-refractivity contribution in [1.82, 2.24) is 4.31 Å². The van der Waals surface area contributed by atoms with Crippen LogP contribution in [0.25, 0.3) is 0 Å². The van der Waals surface area contributed by atoms with Gasteiger partial charge < -0.3 is 9.47 Å². The van der Waals surface area contributed by atoms with E-state index in [-0.39, 0.29) is 4.31 Å². The van der Waals surface area contributed by atoms with Crippen LogP contribution >= 0.6 is 10.7 Å². The second-order valence-electron chi connectivity index (χ2n) is 2.37. The van der Waals surface area contributed by atoms with E-state index in [0.29, 0.717) is 0 Å². The van der Waals surface area contributed by atoms with Gasteiger partial charge >= 0.3 is 21.3 Å². The van der Waals surface area contributed by atoms with Crippen LogP contribution in [0.2, 0.25) is 0 Å². The highest BCUT2D eigenvalue weighted by Crippen LogP contribution is 2.18. The van der Waals surface area contributed by atoms with Crippen LogP contribution in [-0.2, 0) is 23.5 Å². The molecule has 9 heteroatoms. The fourth-order valence-corrected chi connectivity index (χ4v) is 1.75. The van der Waals surface area contributed by atoms with E-state index in [2.05, 4.69) is 9.47 Å². The van der Waals surface area contributed by atoms with Gasteiger partial charge in [-0.05, 0) is 0 Å². The van der Waals surface area contributed by atoms with Crippen LogP contribution in [-0.4, -0.2) is 44.5 Å². The van der Waals surface area contributed by atoms with Crippen LogP contribution in [0.4, 0.5) is 4.79 Å². The Morgan fingerprint density at radius 1 is 1.71 bits per heavy atom. The molecule has 0 aromatic carbocycles. The lowest BCUT2D eigenvalue weighted by Crippen LogP contribution is -2.30. The molecular weight excluding hydrogens is 238 g/mol. The molecule has 0 spiro atoms. The number of cyclic esters (lactones) is 1. The molecule has 0 aromatic heterocycles. The molecule has 1 heterocycles. The number of esters is 1. The predicted molar refractivity (Wildman–Crippen MR) is 43.8 cm³/mol. The summed E-state index contributed by atoms with van der Waals surface area (Å²) in [6.45, 7) is -0.461. The quantitative estimate of drug-likeness (QED) is 0.478.